The molecule has 202 valence electrons. The number of morpholine rings is 1. The highest BCUT2D eigenvalue weighted by Crippen LogP contribution is 2.16. The summed E-state index contributed by atoms with van der Waals surface area (Å²) in [6.07, 6.45) is 21.6. The zero-order valence-corrected chi connectivity index (χ0v) is 22.6. The van der Waals surface area contributed by atoms with Crippen LogP contribution in [0.5, 0.6) is 0 Å². The fourth-order valence-corrected chi connectivity index (χ4v) is 4.39. The summed E-state index contributed by atoms with van der Waals surface area (Å²) in [5.74, 6) is 8.00. The van der Waals surface area contributed by atoms with Gasteiger partial charge >= 0.3 is 10.4 Å². The van der Waals surface area contributed by atoms with Crippen LogP contribution in [0.4, 0.5) is 0 Å². The van der Waals surface area contributed by atoms with Gasteiger partial charge in [-0.15, -0.1) is 0 Å². The molecule has 0 bridgehead atoms. The number of unbranched alkanes of at least 4 members (excludes halogenated alkanes) is 13. The van der Waals surface area contributed by atoms with E-state index in [4.69, 9.17) is 9.29 Å². The van der Waals surface area contributed by atoms with Crippen molar-refractivity contribution >= 4 is 10.4 Å². The minimum Gasteiger partial charge on any atom is -0.378 e. The molecule has 1 aliphatic rings. The van der Waals surface area contributed by atoms with Crippen LogP contribution >= 0.6 is 0 Å². The van der Waals surface area contributed by atoms with Crippen molar-refractivity contribution in [1.29, 1.82) is 0 Å². The van der Waals surface area contributed by atoms with Crippen molar-refractivity contribution < 1.29 is 21.9 Å². The van der Waals surface area contributed by atoms with Gasteiger partial charge in [-0.05, 0) is 19.9 Å². The summed E-state index contributed by atoms with van der Waals surface area (Å²) < 4.78 is 36.3. The van der Waals surface area contributed by atoms with Crippen molar-refractivity contribution in [3.8, 4) is 0 Å². The molecule has 8 nitrogen and oxygen atoms in total. The normalized spacial score (nSPS) is 16.5. The van der Waals surface area contributed by atoms with Gasteiger partial charge in [0.15, 0.2) is 0 Å². The second-order valence-electron chi connectivity index (χ2n) is 8.58. The zero-order chi connectivity index (χ0) is 25.2. The molecule has 0 aromatic carbocycles. The van der Waals surface area contributed by atoms with E-state index in [1.54, 1.807) is 0 Å². The van der Waals surface area contributed by atoms with Crippen LogP contribution in [0.3, 0.4) is 0 Å². The minimum atomic E-state index is -4.17. The Bertz CT molecular complexity index is 481. The lowest BCUT2D eigenvalue weighted by Gasteiger charge is -2.34. The SMILES string of the molecule is CCCCCCCCCCCCCCCCC1COCCN1CC.CCOS(=O)(=O)O.NN. The molecule has 1 heterocycles. The molecule has 0 radical (unpaired) electrons. The Morgan fingerprint density at radius 3 is 1.67 bits per heavy atom. The molecule has 0 amide bonds. The molecule has 1 atom stereocenters. The number of hydrazine groups is 1. The highest BCUT2D eigenvalue weighted by molar-refractivity contribution is 7.80. The second kappa shape index (κ2) is 26.3. The molecule has 1 aliphatic heterocycles. The summed E-state index contributed by atoms with van der Waals surface area (Å²) in [4.78, 5) is 2.60. The Morgan fingerprint density at radius 1 is 0.848 bits per heavy atom. The number of nitrogens with zero attached hydrogens (tertiary/aromatic N) is 1. The van der Waals surface area contributed by atoms with E-state index >= 15 is 0 Å². The average Bonchev–Trinajstić information content (AvgIpc) is 2.80. The molecule has 1 fully saturated rings. The maximum absolute atomic E-state index is 9.56. The maximum Gasteiger partial charge on any atom is 0.397 e. The van der Waals surface area contributed by atoms with Gasteiger partial charge in [0.05, 0.1) is 19.8 Å². The first-order valence-electron chi connectivity index (χ1n) is 13.2. The zero-order valence-electron chi connectivity index (χ0n) is 21.8. The highest BCUT2D eigenvalue weighted by Gasteiger charge is 2.20. The van der Waals surface area contributed by atoms with Crippen molar-refractivity contribution in [3.63, 3.8) is 0 Å². The molecule has 0 aromatic heterocycles. The largest absolute Gasteiger partial charge is 0.397 e. The van der Waals surface area contributed by atoms with Gasteiger partial charge < -0.3 is 4.74 Å². The van der Waals surface area contributed by atoms with Gasteiger partial charge in [0.2, 0.25) is 0 Å². The van der Waals surface area contributed by atoms with Crippen molar-refractivity contribution in [1.82, 2.24) is 4.90 Å². The van der Waals surface area contributed by atoms with Crippen LogP contribution < -0.4 is 11.7 Å². The van der Waals surface area contributed by atoms with Gasteiger partial charge in [-0.3, -0.25) is 21.1 Å². The highest BCUT2D eigenvalue weighted by atomic mass is 32.3. The molecule has 9 heteroatoms. The summed E-state index contributed by atoms with van der Waals surface area (Å²) in [6.45, 7) is 10.2. The number of hydrogen-bond donors (Lipinski definition) is 3. The van der Waals surface area contributed by atoms with Crippen LogP contribution in [0.25, 0.3) is 0 Å². The topological polar surface area (TPSA) is 128 Å². The van der Waals surface area contributed by atoms with Crippen LogP contribution in [0.15, 0.2) is 0 Å². The third kappa shape index (κ3) is 26.2. The second-order valence-corrected chi connectivity index (χ2v) is 9.67. The molecule has 0 aliphatic carbocycles. The first kappa shape index (κ1) is 34.9. The standard InChI is InChI=1S/C22H45NO.C2H6O4S.H4N2/c1-3-5-6-7-8-9-10-11-12-13-14-15-16-17-18-22-21-24-20-19-23(22)4-2;1-2-6-7(3,4)5;1-2/h22H,3-21H2,1-2H3;2H2,1H3,(H,3,4,5);1-2H2. The van der Waals surface area contributed by atoms with E-state index in [-0.39, 0.29) is 6.61 Å². The van der Waals surface area contributed by atoms with Crippen LogP contribution in [-0.4, -0.2) is 56.8 Å². The Labute approximate surface area is 205 Å². The number of ether oxygens (including phenoxy) is 1. The van der Waals surface area contributed by atoms with Gasteiger partial charge in [-0.25, -0.2) is 4.18 Å². The van der Waals surface area contributed by atoms with Crippen LogP contribution in [0.1, 0.15) is 117 Å². The molecular formula is C24H55N3O5S. The fraction of sp³-hybridized carbons (Fsp3) is 1.00. The lowest BCUT2D eigenvalue weighted by atomic mass is 10.0. The Morgan fingerprint density at radius 2 is 1.30 bits per heavy atom. The molecule has 1 unspecified atom stereocenters. The number of likely N-dealkylation sites (N-methyl/N-ethyl adjacent to an activating group) is 1. The van der Waals surface area contributed by atoms with Gasteiger partial charge in [0.25, 0.3) is 0 Å². The predicted molar refractivity (Wildman–Crippen MR) is 138 cm³/mol. The average molecular weight is 498 g/mol. The van der Waals surface area contributed by atoms with E-state index in [0.29, 0.717) is 6.04 Å². The summed E-state index contributed by atoms with van der Waals surface area (Å²) in [6, 6.07) is 0.695. The molecule has 0 saturated carbocycles. The first-order valence-corrected chi connectivity index (χ1v) is 14.6. The summed E-state index contributed by atoms with van der Waals surface area (Å²) >= 11 is 0. The lowest BCUT2D eigenvalue weighted by molar-refractivity contribution is -0.00848. The smallest absolute Gasteiger partial charge is 0.378 e. The van der Waals surface area contributed by atoms with E-state index in [9.17, 15) is 8.42 Å². The van der Waals surface area contributed by atoms with E-state index in [0.717, 1.165) is 19.8 Å². The van der Waals surface area contributed by atoms with E-state index in [2.05, 4.69) is 34.6 Å². The predicted octanol–water partition coefficient (Wildman–Crippen LogP) is 5.22. The Kier molecular flexibility index (Phi) is 27.8. The third-order valence-electron chi connectivity index (χ3n) is 5.91. The Balaban J connectivity index is 0. The molecule has 0 aromatic rings. The van der Waals surface area contributed by atoms with Crippen molar-refractivity contribution in [2.24, 2.45) is 11.7 Å². The van der Waals surface area contributed by atoms with Crippen molar-refractivity contribution in [2.45, 2.75) is 123 Å². The van der Waals surface area contributed by atoms with Crippen LogP contribution in [-0.2, 0) is 19.3 Å². The fourth-order valence-electron chi connectivity index (χ4n) is 4.09. The summed E-state index contributed by atoms with van der Waals surface area (Å²) in [5.41, 5.74) is 0. The third-order valence-corrected chi connectivity index (χ3v) is 6.45. The van der Waals surface area contributed by atoms with Crippen LogP contribution in [0.2, 0.25) is 0 Å². The molecule has 1 rings (SSSR count). The van der Waals surface area contributed by atoms with Crippen molar-refractivity contribution in [2.75, 3.05) is 32.9 Å². The van der Waals surface area contributed by atoms with Gasteiger partial charge in [-0.1, -0.05) is 104 Å². The van der Waals surface area contributed by atoms with Gasteiger partial charge in [0.1, 0.15) is 0 Å². The molecular weight excluding hydrogens is 442 g/mol. The summed E-state index contributed by atoms with van der Waals surface area (Å²) in [7, 11) is -4.17. The van der Waals surface area contributed by atoms with E-state index < -0.39 is 10.4 Å². The number of nitrogens with two attached hydrogens (primary N) is 2. The quantitative estimate of drug-likeness (QED) is 0.102. The Hall–Kier alpha value is -0.290. The molecule has 5 N–H and O–H groups in total. The van der Waals surface area contributed by atoms with E-state index in [1.807, 2.05) is 0 Å². The minimum absolute atomic E-state index is 0.0289. The molecule has 0 spiro atoms. The number of hydrogen-bond acceptors (Lipinski definition) is 7. The summed E-state index contributed by atoms with van der Waals surface area (Å²) in [5, 5.41) is 0. The van der Waals surface area contributed by atoms with Crippen LogP contribution in [0, 0.1) is 0 Å². The monoisotopic (exact) mass is 497 g/mol. The maximum atomic E-state index is 9.56. The molecule has 1 saturated heterocycles. The number of rotatable bonds is 18. The van der Waals surface area contributed by atoms with Gasteiger partial charge in [-0.2, -0.15) is 8.42 Å². The van der Waals surface area contributed by atoms with Gasteiger partial charge in [0, 0.05) is 12.6 Å². The van der Waals surface area contributed by atoms with Crippen molar-refractivity contribution in [3.05, 3.63) is 0 Å². The first-order chi connectivity index (χ1) is 15.9. The van der Waals surface area contributed by atoms with E-state index in [1.165, 1.54) is 110 Å². The molecule has 33 heavy (non-hydrogen) atoms. The lowest BCUT2D eigenvalue weighted by Crippen LogP contribution is -2.45.